The number of nitrogens with one attached hydrogen (secondary N) is 1. The maximum Gasteiger partial charge on any atom is 0.266 e. The van der Waals surface area contributed by atoms with Gasteiger partial charge in [0.25, 0.3) is 5.56 Å². The molecular formula is C20H15BrFNO4S2. The zero-order valence-corrected chi connectivity index (χ0v) is 18.1. The van der Waals surface area contributed by atoms with E-state index in [9.17, 15) is 22.7 Å². The predicted molar refractivity (Wildman–Crippen MR) is 117 cm³/mol. The molecule has 0 unspecified atom stereocenters. The lowest BCUT2D eigenvalue weighted by molar-refractivity contribution is 0.478. The van der Waals surface area contributed by atoms with Gasteiger partial charge >= 0.3 is 0 Å². The predicted octanol–water partition coefficient (Wildman–Crippen LogP) is 4.81. The van der Waals surface area contributed by atoms with Gasteiger partial charge in [0.1, 0.15) is 21.2 Å². The van der Waals surface area contributed by atoms with E-state index in [1.165, 1.54) is 29.5 Å². The van der Waals surface area contributed by atoms with Crippen molar-refractivity contribution in [2.75, 3.05) is 11.1 Å². The molecule has 0 aliphatic carbocycles. The molecule has 0 atom stereocenters. The molecule has 0 amide bonds. The van der Waals surface area contributed by atoms with E-state index in [1.54, 1.807) is 17.5 Å². The Morgan fingerprint density at radius 2 is 1.97 bits per heavy atom. The van der Waals surface area contributed by atoms with Gasteiger partial charge in [0, 0.05) is 27.2 Å². The highest BCUT2D eigenvalue weighted by atomic mass is 79.9. The van der Waals surface area contributed by atoms with Crippen molar-refractivity contribution >= 4 is 58.1 Å². The molecule has 2 N–H and O–H groups in total. The molecule has 0 saturated carbocycles. The van der Waals surface area contributed by atoms with Crippen LogP contribution in [-0.4, -0.2) is 29.6 Å². The summed E-state index contributed by atoms with van der Waals surface area (Å²) in [7, 11) is -3.75. The molecule has 0 bridgehead atoms. The van der Waals surface area contributed by atoms with Gasteiger partial charge in [-0.1, -0.05) is 22.0 Å². The number of phenols is 1. The minimum absolute atomic E-state index is 0.0913. The Labute approximate surface area is 177 Å². The number of pyridine rings is 1. The van der Waals surface area contributed by atoms with Crippen LogP contribution in [0.25, 0.3) is 32.1 Å². The highest BCUT2D eigenvalue weighted by Gasteiger charge is 2.21. The Morgan fingerprint density at radius 3 is 2.69 bits per heavy atom. The van der Waals surface area contributed by atoms with E-state index in [4.69, 9.17) is 0 Å². The molecule has 29 heavy (non-hydrogen) atoms. The minimum Gasteiger partial charge on any atom is -0.507 e. The van der Waals surface area contributed by atoms with Crippen LogP contribution in [0.15, 0.2) is 51.5 Å². The quantitative estimate of drug-likeness (QED) is 0.388. The molecule has 2 aromatic heterocycles. The number of benzene rings is 2. The van der Waals surface area contributed by atoms with Gasteiger partial charge < -0.3 is 10.1 Å². The number of thiophene rings is 1. The number of fused-ring (bicyclic) bond motifs is 3. The maximum absolute atomic E-state index is 14.8. The summed E-state index contributed by atoms with van der Waals surface area (Å²) in [5.41, 5.74) is 0.928. The summed E-state index contributed by atoms with van der Waals surface area (Å²) in [5.74, 6) is -1.13. The number of hydrogen-bond acceptors (Lipinski definition) is 5. The van der Waals surface area contributed by atoms with Gasteiger partial charge in [-0.05, 0) is 47.7 Å². The van der Waals surface area contributed by atoms with Crippen LogP contribution in [0.5, 0.6) is 5.75 Å². The largest absolute Gasteiger partial charge is 0.507 e. The van der Waals surface area contributed by atoms with Gasteiger partial charge in [0.05, 0.1) is 5.75 Å². The summed E-state index contributed by atoms with van der Waals surface area (Å²) in [6.45, 7) is 0. The van der Waals surface area contributed by atoms with Crippen molar-refractivity contribution in [3.63, 3.8) is 0 Å². The monoisotopic (exact) mass is 495 g/mol. The number of hydrogen-bond donors (Lipinski definition) is 2. The molecule has 0 aliphatic rings. The fourth-order valence-corrected chi connectivity index (χ4v) is 6.21. The van der Waals surface area contributed by atoms with Gasteiger partial charge in [0.2, 0.25) is 0 Å². The number of aromatic hydroxyl groups is 1. The van der Waals surface area contributed by atoms with Crippen LogP contribution in [0.3, 0.4) is 0 Å². The first kappa shape index (κ1) is 20.1. The lowest BCUT2D eigenvalue weighted by Crippen LogP contribution is -2.09. The minimum atomic E-state index is -3.75. The van der Waals surface area contributed by atoms with Gasteiger partial charge in [-0.2, -0.15) is 0 Å². The van der Waals surface area contributed by atoms with E-state index in [-0.39, 0.29) is 22.0 Å². The zero-order valence-electron chi connectivity index (χ0n) is 14.9. The van der Waals surface area contributed by atoms with Gasteiger partial charge in [-0.3, -0.25) is 4.79 Å². The molecule has 0 radical (unpaired) electrons. The van der Waals surface area contributed by atoms with Crippen LogP contribution in [0.4, 0.5) is 4.39 Å². The second-order valence-corrected chi connectivity index (χ2v) is 10.3. The van der Waals surface area contributed by atoms with Crippen molar-refractivity contribution < 1.29 is 17.9 Å². The highest BCUT2D eigenvalue weighted by Crippen LogP contribution is 2.40. The second kappa shape index (κ2) is 7.55. The number of halogens is 2. The first-order valence-electron chi connectivity index (χ1n) is 8.67. The van der Waals surface area contributed by atoms with Crippen LogP contribution < -0.4 is 5.56 Å². The smallest absolute Gasteiger partial charge is 0.266 e. The number of sulfone groups is 1. The Hall–Kier alpha value is -2.23. The number of rotatable bonds is 5. The lowest BCUT2D eigenvalue weighted by Gasteiger charge is -2.12. The molecule has 0 spiro atoms. The molecule has 0 saturated heterocycles. The Balaban J connectivity index is 1.96. The number of alkyl halides is 1. The van der Waals surface area contributed by atoms with Crippen LogP contribution in [0.1, 0.15) is 6.42 Å². The van der Waals surface area contributed by atoms with Gasteiger partial charge in [-0.25, -0.2) is 12.8 Å². The molecule has 2 aromatic carbocycles. The van der Waals surface area contributed by atoms with E-state index in [0.29, 0.717) is 43.9 Å². The molecular weight excluding hydrogens is 481 g/mol. The summed E-state index contributed by atoms with van der Waals surface area (Å²) in [6.07, 6.45) is 0.372. The van der Waals surface area contributed by atoms with Gasteiger partial charge in [0.15, 0.2) is 9.84 Å². The SMILES string of the molecule is O=c1[nH]c2ccc(O)c(-c3ccc(S(=O)(=O)CCCBr)c(F)c3)c2c2ccsc12. The molecule has 150 valence electrons. The highest BCUT2D eigenvalue weighted by molar-refractivity contribution is 9.09. The van der Waals surface area contributed by atoms with Crippen LogP contribution in [0, 0.1) is 5.82 Å². The Kier molecular flexibility index (Phi) is 5.22. The summed E-state index contributed by atoms with van der Waals surface area (Å²) in [4.78, 5) is 14.7. The third-order valence-electron chi connectivity index (χ3n) is 4.67. The summed E-state index contributed by atoms with van der Waals surface area (Å²) in [5, 5.41) is 14.0. The summed E-state index contributed by atoms with van der Waals surface area (Å²) in [6, 6.07) is 8.59. The Bertz CT molecular complexity index is 1410. The zero-order chi connectivity index (χ0) is 20.8. The topological polar surface area (TPSA) is 87.2 Å². The molecule has 4 rings (SSSR count). The maximum atomic E-state index is 14.8. The van der Waals surface area contributed by atoms with Crippen molar-refractivity contribution in [3.8, 4) is 16.9 Å². The first-order valence-corrected chi connectivity index (χ1v) is 12.3. The number of H-pyrrole nitrogens is 1. The third kappa shape index (κ3) is 3.47. The molecule has 4 aromatic rings. The van der Waals surface area contributed by atoms with E-state index in [2.05, 4.69) is 20.9 Å². The average Bonchev–Trinajstić information content (AvgIpc) is 3.17. The summed E-state index contributed by atoms with van der Waals surface area (Å²) < 4.78 is 40.0. The number of aromatic amines is 1. The first-order chi connectivity index (χ1) is 13.8. The van der Waals surface area contributed by atoms with Crippen molar-refractivity contribution in [2.45, 2.75) is 11.3 Å². The van der Waals surface area contributed by atoms with Crippen LogP contribution in [0.2, 0.25) is 0 Å². The van der Waals surface area contributed by atoms with Gasteiger partial charge in [-0.15, -0.1) is 11.3 Å². The second-order valence-electron chi connectivity index (χ2n) is 6.51. The standard InChI is InChI=1S/C20H15BrFNO4S2/c21-7-1-9-29(26,27)16-5-2-11(10-13(16)22)17-15(24)4-3-14-18(17)12-6-8-28-19(12)20(25)23-14/h2-6,8,10,24H,1,7,9H2,(H,23,25). The third-order valence-corrected chi connectivity index (χ3v) is 7.98. The van der Waals surface area contributed by atoms with E-state index < -0.39 is 15.7 Å². The van der Waals surface area contributed by atoms with Crippen molar-refractivity contribution in [1.82, 2.24) is 4.98 Å². The molecule has 0 aliphatic heterocycles. The molecule has 2 heterocycles. The number of phenolic OH excluding ortho intramolecular Hbond substituents is 1. The lowest BCUT2D eigenvalue weighted by atomic mass is 9.97. The van der Waals surface area contributed by atoms with Crippen LogP contribution >= 0.6 is 27.3 Å². The molecule has 9 heteroatoms. The number of aromatic nitrogens is 1. The molecule has 0 fully saturated rings. The Morgan fingerprint density at radius 1 is 1.17 bits per heavy atom. The van der Waals surface area contributed by atoms with E-state index >= 15 is 0 Å². The van der Waals surface area contributed by atoms with Crippen molar-refractivity contribution in [2.24, 2.45) is 0 Å². The van der Waals surface area contributed by atoms with E-state index in [0.717, 1.165) is 6.07 Å². The normalized spacial score (nSPS) is 12.1. The fourth-order valence-electron chi connectivity index (χ4n) is 3.39. The molecule has 5 nitrogen and oxygen atoms in total. The van der Waals surface area contributed by atoms with E-state index in [1.807, 2.05) is 0 Å². The summed E-state index contributed by atoms with van der Waals surface area (Å²) >= 11 is 4.45. The van der Waals surface area contributed by atoms with Crippen LogP contribution in [-0.2, 0) is 9.84 Å². The van der Waals surface area contributed by atoms with Crippen molar-refractivity contribution in [1.29, 1.82) is 0 Å². The van der Waals surface area contributed by atoms with Crippen molar-refractivity contribution in [3.05, 3.63) is 57.9 Å². The average molecular weight is 496 g/mol. The fraction of sp³-hybridized carbons (Fsp3) is 0.150.